The molecular weight excluding hydrogens is 340 g/mol. The number of fused-ring (bicyclic) bond motifs is 5. The van der Waals surface area contributed by atoms with Crippen molar-refractivity contribution >= 4 is 21.5 Å². The van der Waals surface area contributed by atoms with Crippen LogP contribution in [0.5, 0.6) is 0 Å². The topological polar surface area (TPSA) is 6.48 Å². The van der Waals surface area contributed by atoms with Gasteiger partial charge in [0.1, 0.15) is 0 Å². The van der Waals surface area contributed by atoms with Crippen LogP contribution < -0.4 is 0 Å². The van der Waals surface area contributed by atoms with E-state index in [4.69, 9.17) is 0 Å². The van der Waals surface area contributed by atoms with Crippen molar-refractivity contribution in [1.29, 1.82) is 0 Å². The number of benzene rings is 4. The van der Waals surface area contributed by atoms with E-state index in [0.29, 0.717) is 12.1 Å². The van der Waals surface area contributed by atoms with Gasteiger partial charge in [0.25, 0.3) is 0 Å². The van der Waals surface area contributed by atoms with Crippen LogP contribution in [0.4, 0.5) is 0 Å². The molecular formula is C26H24N2. The Hall–Kier alpha value is -2.68. The number of hydrogen-bond acceptors (Lipinski definition) is 2. The molecule has 0 N–H and O–H groups in total. The highest BCUT2D eigenvalue weighted by molar-refractivity contribution is 5.88. The van der Waals surface area contributed by atoms with E-state index in [1.165, 1.54) is 32.7 Å². The Morgan fingerprint density at radius 3 is 1.32 bits per heavy atom. The lowest BCUT2D eigenvalue weighted by atomic mass is 9.83. The first-order valence-electron chi connectivity index (χ1n) is 10.3. The Bertz CT molecular complexity index is 1050. The van der Waals surface area contributed by atoms with Gasteiger partial charge >= 0.3 is 0 Å². The summed E-state index contributed by atoms with van der Waals surface area (Å²) in [6, 6.07) is 32.2. The second-order valence-corrected chi connectivity index (χ2v) is 8.10. The maximum Gasteiger partial charge on any atom is 0.0552 e. The lowest BCUT2D eigenvalue weighted by Crippen LogP contribution is -2.58. The van der Waals surface area contributed by atoms with Gasteiger partial charge in [0.2, 0.25) is 0 Å². The molecule has 0 saturated carbocycles. The summed E-state index contributed by atoms with van der Waals surface area (Å²) in [4.78, 5) is 5.43. The van der Waals surface area contributed by atoms with Crippen molar-refractivity contribution in [2.75, 3.05) is 26.2 Å². The molecule has 0 aromatic heterocycles. The van der Waals surface area contributed by atoms with Crippen molar-refractivity contribution in [2.45, 2.75) is 12.1 Å². The van der Waals surface area contributed by atoms with Gasteiger partial charge in [-0.05, 0) is 32.7 Å². The molecule has 28 heavy (non-hydrogen) atoms. The van der Waals surface area contributed by atoms with Gasteiger partial charge in [-0.25, -0.2) is 0 Å². The predicted molar refractivity (Wildman–Crippen MR) is 117 cm³/mol. The third-order valence-electron chi connectivity index (χ3n) is 6.72. The lowest BCUT2D eigenvalue weighted by Gasteiger charge is -2.54. The number of hydrogen-bond donors (Lipinski definition) is 0. The van der Waals surface area contributed by atoms with Crippen LogP contribution >= 0.6 is 0 Å². The molecule has 3 heterocycles. The van der Waals surface area contributed by atoms with Crippen LogP contribution in [0.1, 0.15) is 23.2 Å². The Morgan fingerprint density at radius 2 is 0.857 bits per heavy atom. The van der Waals surface area contributed by atoms with Crippen LogP contribution in [0.3, 0.4) is 0 Å². The van der Waals surface area contributed by atoms with Gasteiger partial charge in [-0.3, -0.25) is 9.80 Å². The van der Waals surface area contributed by atoms with Gasteiger partial charge in [0.15, 0.2) is 0 Å². The summed E-state index contributed by atoms with van der Waals surface area (Å²) in [6.45, 7) is 4.65. The minimum absolute atomic E-state index is 0.402. The molecule has 0 amide bonds. The largest absolute Gasteiger partial charge is 0.292 e. The number of rotatable bonds is 2. The van der Waals surface area contributed by atoms with Crippen LogP contribution in [0.2, 0.25) is 0 Å². The smallest absolute Gasteiger partial charge is 0.0552 e. The van der Waals surface area contributed by atoms with Gasteiger partial charge in [0.05, 0.1) is 12.1 Å². The summed E-state index contributed by atoms with van der Waals surface area (Å²) >= 11 is 0. The zero-order valence-electron chi connectivity index (χ0n) is 16.0. The highest BCUT2D eigenvalue weighted by Crippen LogP contribution is 2.47. The van der Waals surface area contributed by atoms with Gasteiger partial charge < -0.3 is 0 Å². The van der Waals surface area contributed by atoms with E-state index in [1.54, 1.807) is 0 Å². The summed E-state index contributed by atoms with van der Waals surface area (Å²) in [5, 5.41) is 5.48. The molecule has 2 bridgehead atoms. The molecule has 4 aromatic carbocycles. The van der Waals surface area contributed by atoms with E-state index in [0.717, 1.165) is 26.2 Å². The highest BCUT2D eigenvalue weighted by Gasteiger charge is 2.43. The lowest BCUT2D eigenvalue weighted by molar-refractivity contribution is -0.0394. The molecule has 3 aliphatic heterocycles. The molecule has 0 spiro atoms. The summed E-state index contributed by atoms with van der Waals surface area (Å²) in [6.07, 6.45) is 0. The Kier molecular flexibility index (Phi) is 3.75. The zero-order chi connectivity index (χ0) is 18.5. The van der Waals surface area contributed by atoms with Crippen molar-refractivity contribution in [2.24, 2.45) is 0 Å². The predicted octanol–water partition coefficient (Wildman–Crippen LogP) is 5.41. The van der Waals surface area contributed by atoms with Crippen molar-refractivity contribution in [1.82, 2.24) is 9.80 Å². The van der Waals surface area contributed by atoms with E-state index in [-0.39, 0.29) is 0 Å². The third-order valence-corrected chi connectivity index (χ3v) is 6.72. The standard InChI is InChI=1S/C26H24N2/c1-3-11-21-19(7-1)9-5-13-23(21)25-26(28-17-15-27(25)16-18-28)24-14-6-10-20-8-2-4-12-22(20)24/h1-14,25-26H,15-18H2/t25-,26-/m1/s1. The summed E-state index contributed by atoms with van der Waals surface area (Å²) < 4.78 is 0. The number of piperazine rings is 3. The van der Waals surface area contributed by atoms with Crippen molar-refractivity contribution in [3.63, 3.8) is 0 Å². The molecule has 0 radical (unpaired) electrons. The van der Waals surface area contributed by atoms with E-state index < -0.39 is 0 Å². The quantitative estimate of drug-likeness (QED) is 0.469. The monoisotopic (exact) mass is 364 g/mol. The van der Waals surface area contributed by atoms with Crippen LogP contribution in [0.25, 0.3) is 21.5 Å². The van der Waals surface area contributed by atoms with E-state index in [9.17, 15) is 0 Å². The van der Waals surface area contributed by atoms with Crippen LogP contribution in [0.15, 0.2) is 84.9 Å². The first-order chi connectivity index (χ1) is 13.9. The summed E-state index contributed by atoms with van der Waals surface area (Å²) in [7, 11) is 0. The fourth-order valence-corrected chi connectivity index (χ4v) is 5.44. The zero-order valence-corrected chi connectivity index (χ0v) is 16.0. The van der Waals surface area contributed by atoms with Crippen molar-refractivity contribution < 1.29 is 0 Å². The van der Waals surface area contributed by atoms with Crippen LogP contribution in [-0.2, 0) is 0 Å². The summed E-state index contributed by atoms with van der Waals surface area (Å²) in [5.74, 6) is 0. The molecule has 3 fully saturated rings. The highest BCUT2D eigenvalue weighted by atomic mass is 15.4. The van der Waals surface area contributed by atoms with Crippen LogP contribution in [-0.4, -0.2) is 36.0 Å². The average molecular weight is 364 g/mol. The van der Waals surface area contributed by atoms with Crippen LogP contribution in [0, 0.1) is 0 Å². The van der Waals surface area contributed by atoms with E-state index >= 15 is 0 Å². The molecule has 3 aliphatic rings. The molecule has 138 valence electrons. The minimum atomic E-state index is 0.402. The Balaban J connectivity index is 1.59. The van der Waals surface area contributed by atoms with E-state index in [1.807, 2.05) is 0 Å². The second-order valence-electron chi connectivity index (χ2n) is 8.10. The first-order valence-corrected chi connectivity index (χ1v) is 10.3. The van der Waals surface area contributed by atoms with Crippen molar-refractivity contribution in [3.8, 4) is 0 Å². The second kappa shape index (κ2) is 6.44. The van der Waals surface area contributed by atoms with Gasteiger partial charge in [0, 0.05) is 26.2 Å². The molecule has 4 aromatic rings. The molecule has 0 aliphatic carbocycles. The number of nitrogens with zero attached hydrogens (tertiary/aromatic N) is 2. The Morgan fingerprint density at radius 1 is 0.464 bits per heavy atom. The molecule has 7 rings (SSSR count). The SMILES string of the molecule is c1ccc2c([C@@H]3[C@@H](c4cccc5ccccc45)N4CCN3CC4)cccc2c1. The molecule has 2 atom stereocenters. The average Bonchev–Trinajstić information content (AvgIpc) is 2.78. The normalized spacial score (nSPS) is 26.7. The summed E-state index contributed by atoms with van der Waals surface area (Å²) in [5.41, 5.74) is 2.95. The molecule has 0 unspecified atom stereocenters. The maximum atomic E-state index is 2.72. The van der Waals surface area contributed by atoms with Gasteiger partial charge in [-0.1, -0.05) is 84.9 Å². The fourth-order valence-electron chi connectivity index (χ4n) is 5.44. The fraction of sp³-hybridized carbons (Fsp3) is 0.231. The van der Waals surface area contributed by atoms with E-state index in [2.05, 4.69) is 94.7 Å². The minimum Gasteiger partial charge on any atom is -0.292 e. The molecule has 2 nitrogen and oxygen atoms in total. The maximum absolute atomic E-state index is 2.72. The first kappa shape index (κ1) is 16.3. The third kappa shape index (κ3) is 2.42. The van der Waals surface area contributed by atoms with Crippen molar-refractivity contribution in [3.05, 3.63) is 96.1 Å². The Labute approximate surface area is 166 Å². The molecule has 2 heteroatoms. The van der Waals surface area contributed by atoms with Gasteiger partial charge in [-0.2, -0.15) is 0 Å². The molecule has 3 saturated heterocycles. The van der Waals surface area contributed by atoms with Gasteiger partial charge in [-0.15, -0.1) is 0 Å².